The van der Waals surface area contributed by atoms with E-state index in [9.17, 15) is 0 Å². The van der Waals surface area contributed by atoms with Gasteiger partial charge in [-0.05, 0) is 58.8 Å². The lowest BCUT2D eigenvalue weighted by atomic mass is 9.98. The van der Waals surface area contributed by atoms with E-state index in [1.807, 2.05) is 12.1 Å². The fourth-order valence-corrected chi connectivity index (χ4v) is 2.73. The number of rotatable bonds is 2. The smallest absolute Gasteiger partial charge is 0.147 e. The Balaban J connectivity index is 1.95. The number of nitrogens with one attached hydrogen (secondary N) is 2. The molecule has 1 saturated heterocycles. The lowest BCUT2D eigenvalue weighted by Crippen LogP contribution is -2.27. The Kier molecular flexibility index (Phi) is 3.42. The molecule has 1 aromatic heterocycles. The van der Waals surface area contributed by atoms with E-state index in [2.05, 4.69) is 37.1 Å². The summed E-state index contributed by atoms with van der Waals surface area (Å²) >= 11 is 0. The third-order valence-corrected chi connectivity index (χ3v) is 3.64. The van der Waals surface area contributed by atoms with Crippen LogP contribution in [0, 0.1) is 0 Å². The fourth-order valence-electron chi connectivity index (χ4n) is 2.73. The van der Waals surface area contributed by atoms with E-state index in [1.165, 1.54) is 0 Å². The minimum atomic E-state index is -0.206. The molecular formula is C16H23N3O. The zero-order valence-electron chi connectivity index (χ0n) is 12.5. The first-order valence-electron chi connectivity index (χ1n) is 7.41. The van der Waals surface area contributed by atoms with E-state index in [-0.39, 0.29) is 5.60 Å². The molecule has 1 aromatic carbocycles. The van der Waals surface area contributed by atoms with E-state index in [4.69, 9.17) is 9.72 Å². The molecule has 1 aliphatic heterocycles. The minimum Gasteiger partial charge on any atom is -0.486 e. The first-order valence-corrected chi connectivity index (χ1v) is 7.41. The zero-order chi connectivity index (χ0) is 14.2. The number of benzene rings is 1. The highest BCUT2D eigenvalue weighted by Crippen LogP contribution is 2.30. The molecule has 0 bridgehead atoms. The largest absolute Gasteiger partial charge is 0.486 e. The number of aromatic nitrogens is 2. The molecule has 2 aromatic rings. The predicted octanol–water partition coefficient (Wildman–Crippen LogP) is 3.21. The van der Waals surface area contributed by atoms with E-state index in [1.54, 1.807) is 0 Å². The minimum absolute atomic E-state index is 0.206. The van der Waals surface area contributed by atoms with Crippen LogP contribution in [0.3, 0.4) is 0 Å². The number of hydrogen-bond donors (Lipinski definition) is 2. The third kappa shape index (κ3) is 2.80. The summed E-state index contributed by atoms with van der Waals surface area (Å²) in [4.78, 5) is 8.28. The van der Waals surface area contributed by atoms with Crippen LogP contribution in [0.15, 0.2) is 18.2 Å². The molecule has 4 nitrogen and oxygen atoms in total. The maximum atomic E-state index is 6.02. The van der Waals surface area contributed by atoms with Gasteiger partial charge in [0.15, 0.2) is 0 Å². The molecule has 0 atom stereocenters. The van der Waals surface area contributed by atoms with Crippen LogP contribution in [-0.2, 0) is 0 Å². The molecular weight excluding hydrogens is 250 g/mol. The Hall–Kier alpha value is -1.55. The van der Waals surface area contributed by atoms with Gasteiger partial charge in [-0.3, -0.25) is 0 Å². The molecule has 0 radical (unpaired) electrons. The summed E-state index contributed by atoms with van der Waals surface area (Å²) in [6, 6.07) is 6.09. The average molecular weight is 273 g/mol. The molecule has 0 saturated carbocycles. The molecule has 2 heterocycles. The highest BCUT2D eigenvalue weighted by atomic mass is 16.5. The van der Waals surface area contributed by atoms with Crippen LogP contribution >= 0.6 is 0 Å². The van der Waals surface area contributed by atoms with Crippen molar-refractivity contribution in [2.24, 2.45) is 0 Å². The van der Waals surface area contributed by atoms with Gasteiger partial charge in [-0.25, -0.2) is 4.98 Å². The maximum Gasteiger partial charge on any atom is 0.147 e. The molecule has 2 N–H and O–H groups in total. The third-order valence-electron chi connectivity index (χ3n) is 3.64. The molecule has 0 amide bonds. The fraction of sp³-hybridized carbons (Fsp3) is 0.562. The van der Waals surface area contributed by atoms with Gasteiger partial charge in [0, 0.05) is 5.92 Å². The topological polar surface area (TPSA) is 49.9 Å². The first kappa shape index (κ1) is 13.4. The van der Waals surface area contributed by atoms with Gasteiger partial charge in [0.2, 0.25) is 0 Å². The van der Waals surface area contributed by atoms with Crippen molar-refractivity contribution in [3.8, 4) is 5.75 Å². The Morgan fingerprint density at radius 1 is 1.20 bits per heavy atom. The van der Waals surface area contributed by atoms with Crippen LogP contribution in [0.4, 0.5) is 0 Å². The van der Waals surface area contributed by atoms with Crippen molar-refractivity contribution in [1.29, 1.82) is 0 Å². The summed E-state index contributed by atoms with van der Waals surface area (Å²) in [7, 11) is 0. The van der Waals surface area contributed by atoms with Crippen molar-refractivity contribution in [3.05, 3.63) is 24.0 Å². The molecule has 0 aliphatic carbocycles. The van der Waals surface area contributed by atoms with Crippen LogP contribution in [0.5, 0.6) is 5.75 Å². The standard InChI is InChI=1S/C16H23N3O/c1-16(2,3)20-13-6-4-5-12-14(13)19-15(18-12)11-7-9-17-10-8-11/h4-6,11,17H,7-10H2,1-3H3,(H,18,19). The number of nitrogens with zero attached hydrogens (tertiary/aromatic N) is 1. The number of H-pyrrole nitrogens is 1. The Bertz CT molecular complexity index is 591. The van der Waals surface area contributed by atoms with E-state index in [0.717, 1.165) is 48.5 Å². The molecule has 0 unspecified atom stereocenters. The maximum absolute atomic E-state index is 6.02. The second-order valence-corrected chi connectivity index (χ2v) is 6.51. The van der Waals surface area contributed by atoms with Gasteiger partial charge in [-0.1, -0.05) is 6.07 Å². The quantitative estimate of drug-likeness (QED) is 0.883. The summed E-state index contributed by atoms with van der Waals surface area (Å²) in [5, 5.41) is 3.39. The lowest BCUT2D eigenvalue weighted by molar-refractivity contribution is 0.133. The number of hydrogen-bond acceptors (Lipinski definition) is 3. The molecule has 0 spiro atoms. The van der Waals surface area contributed by atoms with Gasteiger partial charge < -0.3 is 15.0 Å². The van der Waals surface area contributed by atoms with Crippen molar-refractivity contribution in [2.75, 3.05) is 13.1 Å². The molecule has 4 heteroatoms. The second kappa shape index (κ2) is 5.09. The highest BCUT2D eigenvalue weighted by molar-refractivity contribution is 5.81. The van der Waals surface area contributed by atoms with Gasteiger partial charge >= 0.3 is 0 Å². The Labute approximate surface area is 119 Å². The van der Waals surface area contributed by atoms with E-state index in [0.29, 0.717) is 5.92 Å². The summed E-state index contributed by atoms with van der Waals surface area (Å²) in [6.07, 6.45) is 2.30. The van der Waals surface area contributed by atoms with Crippen LogP contribution < -0.4 is 10.1 Å². The van der Waals surface area contributed by atoms with Crippen molar-refractivity contribution in [3.63, 3.8) is 0 Å². The number of fused-ring (bicyclic) bond motifs is 1. The van der Waals surface area contributed by atoms with E-state index >= 15 is 0 Å². The van der Waals surface area contributed by atoms with Crippen LogP contribution in [0.1, 0.15) is 45.4 Å². The normalized spacial score (nSPS) is 17.6. The van der Waals surface area contributed by atoms with Gasteiger partial charge in [-0.15, -0.1) is 0 Å². The van der Waals surface area contributed by atoms with Crippen molar-refractivity contribution < 1.29 is 4.74 Å². The summed E-state index contributed by atoms with van der Waals surface area (Å²) < 4.78 is 6.02. The van der Waals surface area contributed by atoms with Crippen molar-refractivity contribution in [1.82, 2.24) is 15.3 Å². The molecule has 20 heavy (non-hydrogen) atoms. The summed E-state index contributed by atoms with van der Waals surface area (Å²) in [5.41, 5.74) is 1.82. The SMILES string of the molecule is CC(C)(C)Oc1cccc2[nH]c(C3CCNCC3)nc12. The van der Waals surface area contributed by atoms with Gasteiger partial charge in [0.25, 0.3) is 0 Å². The van der Waals surface area contributed by atoms with E-state index < -0.39 is 0 Å². The molecule has 1 aliphatic rings. The molecule has 1 fully saturated rings. The van der Waals surface area contributed by atoms with Gasteiger partial charge in [0.05, 0.1) is 5.52 Å². The molecule has 3 rings (SSSR count). The molecule has 108 valence electrons. The average Bonchev–Trinajstić information content (AvgIpc) is 2.83. The number of piperidine rings is 1. The number of aromatic amines is 1. The Morgan fingerprint density at radius 2 is 1.95 bits per heavy atom. The number of para-hydroxylation sites is 1. The highest BCUT2D eigenvalue weighted by Gasteiger charge is 2.21. The number of imidazole rings is 1. The summed E-state index contributed by atoms with van der Waals surface area (Å²) in [5.74, 6) is 2.50. The van der Waals surface area contributed by atoms with Gasteiger partial charge in [-0.2, -0.15) is 0 Å². The van der Waals surface area contributed by atoms with Crippen LogP contribution in [0.2, 0.25) is 0 Å². The summed E-state index contributed by atoms with van der Waals surface area (Å²) in [6.45, 7) is 8.34. The van der Waals surface area contributed by atoms with Crippen LogP contribution in [0.25, 0.3) is 11.0 Å². The number of ether oxygens (including phenoxy) is 1. The second-order valence-electron chi connectivity index (χ2n) is 6.51. The van der Waals surface area contributed by atoms with Crippen molar-refractivity contribution in [2.45, 2.75) is 45.1 Å². The van der Waals surface area contributed by atoms with Crippen LogP contribution in [-0.4, -0.2) is 28.7 Å². The first-order chi connectivity index (χ1) is 9.53. The predicted molar refractivity (Wildman–Crippen MR) is 81.3 cm³/mol. The van der Waals surface area contributed by atoms with Gasteiger partial charge in [0.1, 0.15) is 22.7 Å². The Morgan fingerprint density at radius 3 is 2.65 bits per heavy atom. The van der Waals surface area contributed by atoms with Crippen molar-refractivity contribution >= 4 is 11.0 Å². The monoisotopic (exact) mass is 273 g/mol. The zero-order valence-corrected chi connectivity index (χ0v) is 12.5. The lowest BCUT2D eigenvalue weighted by Gasteiger charge is -2.21.